The molecule has 0 heterocycles. The minimum atomic E-state index is -3.92. The van der Waals surface area contributed by atoms with Crippen molar-refractivity contribution in [1.82, 2.24) is 4.31 Å². The molecule has 19 heavy (non-hydrogen) atoms. The lowest BCUT2D eigenvalue weighted by Crippen LogP contribution is -2.34. The first-order valence-corrected chi connectivity index (χ1v) is 7.91. The molecule has 7 heteroatoms. The minimum absolute atomic E-state index is 0.0465. The number of rotatable bonds is 5. The van der Waals surface area contributed by atoms with Crippen molar-refractivity contribution in [2.45, 2.75) is 18.7 Å². The van der Waals surface area contributed by atoms with Gasteiger partial charge in [-0.3, -0.25) is 0 Å². The summed E-state index contributed by atoms with van der Waals surface area (Å²) in [6.45, 7) is 3.50. The second kappa shape index (κ2) is 6.46. The number of sulfonamides is 1. The Kier molecular flexibility index (Phi) is 5.47. The molecule has 0 aliphatic rings. The van der Waals surface area contributed by atoms with Crippen LogP contribution in [0.2, 0.25) is 0 Å². The molecule has 0 bridgehead atoms. The van der Waals surface area contributed by atoms with Gasteiger partial charge >= 0.3 is 0 Å². The summed E-state index contributed by atoms with van der Waals surface area (Å²) in [5.74, 6) is -1.26. The Hall–Kier alpha value is -0.970. The fourth-order valence-corrected chi connectivity index (χ4v) is 3.48. The first-order chi connectivity index (χ1) is 8.82. The molecule has 1 rings (SSSR count). The molecule has 1 atom stereocenters. The number of nitriles is 1. The predicted octanol–water partition coefficient (Wildman–Crippen LogP) is 2.76. The molecular formula is C12H14BrFN2O2S. The molecule has 0 fully saturated rings. The molecule has 0 saturated heterocycles. The van der Waals surface area contributed by atoms with Crippen molar-refractivity contribution >= 4 is 26.0 Å². The van der Waals surface area contributed by atoms with E-state index < -0.39 is 21.8 Å². The molecule has 4 nitrogen and oxygen atoms in total. The number of nitrogens with zero attached hydrogens (tertiary/aromatic N) is 2. The van der Waals surface area contributed by atoms with Gasteiger partial charge in [0.05, 0.1) is 12.0 Å². The highest BCUT2D eigenvalue weighted by Gasteiger charge is 2.27. The predicted molar refractivity (Wildman–Crippen MR) is 73.3 cm³/mol. The average Bonchev–Trinajstić information content (AvgIpc) is 2.34. The van der Waals surface area contributed by atoms with Crippen LogP contribution in [0, 0.1) is 23.1 Å². The van der Waals surface area contributed by atoms with E-state index >= 15 is 0 Å². The highest BCUT2D eigenvalue weighted by molar-refractivity contribution is 9.10. The molecule has 0 amide bonds. The third-order valence-corrected chi connectivity index (χ3v) is 5.03. The van der Waals surface area contributed by atoms with Crippen LogP contribution in [0.4, 0.5) is 4.39 Å². The summed E-state index contributed by atoms with van der Waals surface area (Å²) in [6, 6.07) is 5.76. The van der Waals surface area contributed by atoms with Gasteiger partial charge in [0.1, 0.15) is 10.7 Å². The van der Waals surface area contributed by atoms with Crippen LogP contribution >= 0.6 is 15.9 Å². The highest BCUT2D eigenvalue weighted by atomic mass is 79.9. The lowest BCUT2D eigenvalue weighted by Gasteiger charge is -2.21. The first-order valence-electron chi connectivity index (χ1n) is 5.67. The second-order valence-corrected chi connectivity index (χ2v) is 6.88. The molecule has 0 aliphatic heterocycles. The Morgan fingerprint density at radius 1 is 1.53 bits per heavy atom. The van der Waals surface area contributed by atoms with E-state index in [2.05, 4.69) is 15.9 Å². The monoisotopic (exact) mass is 348 g/mol. The third-order valence-electron chi connectivity index (χ3n) is 2.56. The van der Waals surface area contributed by atoms with Crippen molar-refractivity contribution in [3.63, 3.8) is 0 Å². The zero-order valence-electron chi connectivity index (χ0n) is 10.6. The third kappa shape index (κ3) is 3.75. The maximum atomic E-state index is 13.8. The van der Waals surface area contributed by atoms with Crippen LogP contribution in [-0.4, -0.2) is 25.8 Å². The van der Waals surface area contributed by atoms with Gasteiger partial charge in [0, 0.05) is 17.6 Å². The summed E-state index contributed by atoms with van der Waals surface area (Å²) < 4.78 is 40.0. The molecule has 0 aromatic heterocycles. The van der Waals surface area contributed by atoms with Gasteiger partial charge in [-0.25, -0.2) is 12.8 Å². The normalized spacial score (nSPS) is 13.3. The van der Waals surface area contributed by atoms with E-state index in [1.54, 1.807) is 13.8 Å². The molecule has 0 saturated carbocycles. The smallest absolute Gasteiger partial charge is 0.207 e. The number of hydrogen-bond acceptors (Lipinski definition) is 3. The van der Waals surface area contributed by atoms with Crippen LogP contribution < -0.4 is 0 Å². The summed E-state index contributed by atoms with van der Waals surface area (Å²) in [6.07, 6.45) is 0. The van der Waals surface area contributed by atoms with Gasteiger partial charge in [0.25, 0.3) is 0 Å². The summed E-state index contributed by atoms with van der Waals surface area (Å²) in [7, 11) is -3.92. The van der Waals surface area contributed by atoms with Gasteiger partial charge in [-0.15, -0.1) is 0 Å². The van der Waals surface area contributed by atoms with Crippen molar-refractivity contribution in [2.24, 2.45) is 5.92 Å². The molecule has 0 spiro atoms. The van der Waals surface area contributed by atoms with Gasteiger partial charge < -0.3 is 0 Å². The van der Waals surface area contributed by atoms with E-state index in [9.17, 15) is 12.8 Å². The van der Waals surface area contributed by atoms with Gasteiger partial charge in [-0.1, -0.05) is 22.9 Å². The second-order valence-electron chi connectivity index (χ2n) is 4.06. The summed E-state index contributed by atoms with van der Waals surface area (Å²) >= 11 is 3.08. The van der Waals surface area contributed by atoms with Crippen molar-refractivity contribution in [2.75, 3.05) is 13.1 Å². The molecule has 0 N–H and O–H groups in total. The Morgan fingerprint density at radius 2 is 2.16 bits per heavy atom. The van der Waals surface area contributed by atoms with Gasteiger partial charge in [-0.05, 0) is 25.1 Å². The van der Waals surface area contributed by atoms with Crippen molar-refractivity contribution in [1.29, 1.82) is 5.26 Å². The van der Waals surface area contributed by atoms with E-state index in [4.69, 9.17) is 5.26 Å². The standard InChI is InChI=1S/C12H14BrFN2O2S/c1-3-16(8-9(2)7-15)19(17,18)12-5-4-10(13)6-11(12)14/h4-6,9H,3,8H2,1-2H3/t9-/m1/s1. The Balaban J connectivity index is 3.18. The molecule has 0 unspecified atom stereocenters. The lowest BCUT2D eigenvalue weighted by atomic mass is 10.2. The van der Waals surface area contributed by atoms with Crippen LogP contribution in [0.5, 0.6) is 0 Å². The zero-order chi connectivity index (χ0) is 14.6. The van der Waals surface area contributed by atoms with Gasteiger partial charge in [-0.2, -0.15) is 9.57 Å². The summed E-state index contributed by atoms with van der Waals surface area (Å²) in [4.78, 5) is -0.373. The zero-order valence-corrected chi connectivity index (χ0v) is 13.0. The van der Waals surface area contributed by atoms with Crippen molar-refractivity contribution < 1.29 is 12.8 Å². The largest absolute Gasteiger partial charge is 0.246 e. The molecule has 0 radical (unpaired) electrons. The lowest BCUT2D eigenvalue weighted by molar-refractivity contribution is 0.397. The average molecular weight is 349 g/mol. The van der Waals surface area contributed by atoms with E-state index in [-0.39, 0.29) is 18.0 Å². The van der Waals surface area contributed by atoms with E-state index in [1.165, 1.54) is 12.1 Å². The molecular weight excluding hydrogens is 335 g/mol. The molecule has 0 aliphatic carbocycles. The molecule has 104 valence electrons. The highest BCUT2D eigenvalue weighted by Crippen LogP contribution is 2.23. The summed E-state index contributed by atoms with van der Waals surface area (Å²) in [5, 5.41) is 8.75. The van der Waals surface area contributed by atoms with Crippen molar-refractivity contribution in [3.8, 4) is 6.07 Å². The van der Waals surface area contributed by atoms with E-state index in [1.807, 2.05) is 6.07 Å². The number of halogens is 2. The van der Waals surface area contributed by atoms with Crippen LogP contribution in [-0.2, 0) is 10.0 Å². The minimum Gasteiger partial charge on any atom is -0.207 e. The van der Waals surface area contributed by atoms with Crippen LogP contribution in [0.15, 0.2) is 27.6 Å². The van der Waals surface area contributed by atoms with Crippen LogP contribution in [0.1, 0.15) is 13.8 Å². The van der Waals surface area contributed by atoms with E-state index in [0.717, 1.165) is 10.4 Å². The fraction of sp³-hybridized carbons (Fsp3) is 0.417. The topological polar surface area (TPSA) is 61.2 Å². The van der Waals surface area contributed by atoms with Gasteiger partial charge in [0.2, 0.25) is 10.0 Å². The quantitative estimate of drug-likeness (QED) is 0.821. The maximum Gasteiger partial charge on any atom is 0.246 e. The van der Waals surface area contributed by atoms with Crippen molar-refractivity contribution in [3.05, 3.63) is 28.5 Å². The molecule has 1 aromatic rings. The SMILES string of the molecule is CCN(C[C@H](C)C#N)S(=O)(=O)c1ccc(Br)cc1F. The number of benzene rings is 1. The number of hydrogen-bond donors (Lipinski definition) is 0. The van der Waals surface area contributed by atoms with Crippen LogP contribution in [0.25, 0.3) is 0 Å². The van der Waals surface area contributed by atoms with E-state index in [0.29, 0.717) is 4.47 Å². The van der Waals surface area contributed by atoms with Crippen LogP contribution in [0.3, 0.4) is 0 Å². The summed E-state index contributed by atoms with van der Waals surface area (Å²) in [5.41, 5.74) is 0. The Labute approximate surface area is 121 Å². The maximum absolute atomic E-state index is 13.8. The first kappa shape index (κ1) is 16.1. The Morgan fingerprint density at radius 3 is 2.63 bits per heavy atom. The Bertz CT molecular complexity index is 598. The molecule has 1 aromatic carbocycles. The van der Waals surface area contributed by atoms with Gasteiger partial charge in [0.15, 0.2) is 0 Å². The fourth-order valence-electron chi connectivity index (χ4n) is 1.57.